The Hall–Kier alpha value is -1.39. The quantitative estimate of drug-likeness (QED) is 0.703. The van der Waals surface area contributed by atoms with Crippen molar-refractivity contribution in [2.75, 3.05) is 6.61 Å². The van der Waals surface area contributed by atoms with Crippen LogP contribution in [0.4, 0.5) is 0 Å². The highest BCUT2D eigenvalue weighted by molar-refractivity contribution is 5.99. The lowest BCUT2D eigenvalue weighted by Crippen LogP contribution is -2.54. The van der Waals surface area contributed by atoms with Crippen LogP contribution in [0.2, 0.25) is 0 Å². The van der Waals surface area contributed by atoms with Gasteiger partial charge in [0.1, 0.15) is 5.76 Å². The van der Waals surface area contributed by atoms with Crippen molar-refractivity contribution in [1.82, 2.24) is 0 Å². The van der Waals surface area contributed by atoms with E-state index in [0.717, 1.165) is 0 Å². The molecule has 0 aromatic carbocycles. The van der Waals surface area contributed by atoms with Crippen molar-refractivity contribution in [2.24, 2.45) is 5.92 Å². The Morgan fingerprint density at radius 1 is 1.53 bits per heavy atom. The molecule has 1 aliphatic heterocycles. The van der Waals surface area contributed by atoms with Crippen molar-refractivity contribution < 1.29 is 19.7 Å². The second-order valence-electron chi connectivity index (χ2n) is 4.57. The molecule has 2 aliphatic rings. The molecule has 0 fully saturated rings. The number of fused-ring (bicyclic) bond motifs is 1. The molecule has 0 radical (unpaired) electrons. The standard InChI is InChI=1S/C13H16O4/c1-3-4-9-5-8-6-11(14)13(2,16)12(15)10(8)7-17-9/h3-6,10,12,15-16H,7H2,1-2H3/b4-3+/t10-,12+,13-/m1/s1. The summed E-state index contributed by atoms with van der Waals surface area (Å²) >= 11 is 0. The largest absolute Gasteiger partial charge is 0.493 e. The number of ether oxygens (including phenoxy) is 1. The summed E-state index contributed by atoms with van der Waals surface area (Å²) in [6, 6.07) is 0. The molecule has 0 bridgehead atoms. The maximum Gasteiger partial charge on any atom is 0.189 e. The van der Waals surface area contributed by atoms with Crippen LogP contribution < -0.4 is 0 Å². The van der Waals surface area contributed by atoms with E-state index < -0.39 is 17.5 Å². The van der Waals surface area contributed by atoms with Gasteiger partial charge in [0, 0.05) is 5.92 Å². The zero-order valence-electron chi connectivity index (χ0n) is 9.88. The van der Waals surface area contributed by atoms with Crippen LogP contribution >= 0.6 is 0 Å². The van der Waals surface area contributed by atoms with Crippen LogP contribution in [0.3, 0.4) is 0 Å². The summed E-state index contributed by atoms with van der Waals surface area (Å²) in [5, 5.41) is 19.9. The van der Waals surface area contributed by atoms with Crippen LogP contribution in [0.1, 0.15) is 13.8 Å². The third-order valence-corrected chi connectivity index (χ3v) is 3.25. The Balaban J connectivity index is 2.39. The van der Waals surface area contributed by atoms with E-state index in [1.165, 1.54) is 13.0 Å². The van der Waals surface area contributed by atoms with Gasteiger partial charge in [-0.1, -0.05) is 6.08 Å². The smallest absolute Gasteiger partial charge is 0.189 e. The average molecular weight is 236 g/mol. The predicted octanol–water partition coefficient (Wildman–Crippen LogP) is 0.714. The van der Waals surface area contributed by atoms with Gasteiger partial charge in [0.2, 0.25) is 0 Å². The second-order valence-corrected chi connectivity index (χ2v) is 4.57. The van der Waals surface area contributed by atoms with Crippen molar-refractivity contribution in [3.05, 3.63) is 35.6 Å². The van der Waals surface area contributed by atoms with Gasteiger partial charge in [-0.25, -0.2) is 0 Å². The lowest BCUT2D eigenvalue weighted by Gasteiger charge is -2.39. The number of carbonyl (C=O) groups is 1. The highest BCUT2D eigenvalue weighted by Crippen LogP contribution is 2.35. The van der Waals surface area contributed by atoms with Crippen molar-refractivity contribution in [2.45, 2.75) is 25.6 Å². The third-order valence-electron chi connectivity index (χ3n) is 3.25. The Morgan fingerprint density at radius 3 is 2.88 bits per heavy atom. The zero-order chi connectivity index (χ0) is 12.6. The maximum absolute atomic E-state index is 11.7. The van der Waals surface area contributed by atoms with Gasteiger partial charge in [-0.05, 0) is 37.6 Å². The first kappa shape index (κ1) is 12.1. The molecule has 2 rings (SSSR count). The Bertz CT molecular complexity index is 429. The molecule has 0 amide bonds. The molecule has 0 aromatic rings. The van der Waals surface area contributed by atoms with Crippen LogP contribution in [-0.2, 0) is 9.53 Å². The molecule has 4 nitrogen and oxygen atoms in total. The van der Waals surface area contributed by atoms with Crippen LogP contribution in [0.5, 0.6) is 0 Å². The summed E-state index contributed by atoms with van der Waals surface area (Å²) in [4.78, 5) is 11.7. The molecule has 1 heterocycles. The fraction of sp³-hybridized carbons (Fsp3) is 0.462. The maximum atomic E-state index is 11.7. The number of aliphatic hydroxyl groups is 2. The summed E-state index contributed by atoms with van der Waals surface area (Å²) in [7, 11) is 0. The van der Waals surface area contributed by atoms with Gasteiger partial charge in [0.15, 0.2) is 11.4 Å². The molecule has 4 heteroatoms. The number of hydrogen-bond acceptors (Lipinski definition) is 4. The van der Waals surface area contributed by atoms with E-state index in [0.29, 0.717) is 11.3 Å². The lowest BCUT2D eigenvalue weighted by atomic mass is 9.75. The minimum absolute atomic E-state index is 0.270. The normalized spacial score (nSPS) is 37.3. The predicted molar refractivity (Wildman–Crippen MR) is 62.1 cm³/mol. The first-order chi connectivity index (χ1) is 7.96. The summed E-state index contributed by atoms with van der Waals surface area (Å²) in [5.41, 5.74) is -1.00. The minimum atomic E-state index is -1.72. The van der Waals surface area contributed by atoms with E-state index in [-0.39, 0.29) is 12.5 Å². The molecule has 2 N–H and O–H groups in total. The first-order valence-corrected chi connectivity index (χ1v) is 5.60. The number of hydrogen-bond donors (Lipinski definition) is 2. The van der Waals surface area contributed by atoms with Crippen molar-refractivity contribution in [3.63, 3.8) is 0 Å². The third kappa shape index (κ3) is 1.94. The molecule has 92 valence electrons. The van der Waals surface area contributed by atoms with E-state index in [2.05, 4.69) is 0 Å². The van der Waals surface area contributed by atoms with Gasteiger partial charge >= 0.3 is 0 Å². The second kappa shape index (κ2) is 4.13. The summed E-state index contributed by atoms with van der Waals surface area (Å²) in [5.74, 6) is -0.150. The fourth-order valence-electron chi connectivity index (χ4n) is 2.11. The molecule has 0 unspecified atom stereocenters. The summed E-state index contributed by atoms with van der Waals surface area (Å²) in [6.45, 7) is 3.47. The molecule has 0 saturated carbocycles. The van der Waals surface area contributed by atoms with Gasteiger partial charge in [-0.15, -0.1) is 0 Å². The SMILES string of the molecule is C/C=C/C1=CC2=CC(=O)[C@@](C)(O)[C@@H](O)[C@@H]2CO1. The van der Waals surface area contributed by atoms with Crippen LogP contribution in [0, 0.1) is 5.92 Å². The van der Waals surface area contributed by atoms with E-state index in [9.17, 15) is 15.0 Å². The molecule has 3 atom stereocenters. The minimum Gasteiger partial charge on any atom is -0.493 e. The molecule has 1 aliphatic carbocycles. The van der Waals surface area contributed by atoms with E-state index in [4.69, 9.17) is 4.74 Å². The number of ketones is 1. The number of aliphatic hydroxyl groups excluding tert-OH is 1. The fourth-order valence-corrected chi connectivity index (χ4v) is 2.11. The molecule has 0 aromatic heterocycles. The van der Waals surface area contributed by atoms with Crippen molar-refractivity contribution in [1.29, 1.82) is 0 Å². The average Bonchev–Trinajstić information content (AvgIpc) is 2.27. The van der Waals surface area contributed by atoms with Crippen LogP contribution in [0.25, 0.3) is 0 Å². The Labute approximate surface area is 99.9 Å². The van der Waals surface area contributed by atoms with Gasteiger partial charge in [0.25, 0.3) is 0 Å². The van der Waals surface area contributed by atoms with Crippen LogP contribution in [0.15, 0.2) is 35.6 Å². The van der Waals surface area contributed by atoms with Gasteiger partial charge < -0.3 is 14.9 Å². The zero-order valence-corrected chi connectivity index (χ0v) is 9.88. The number of carbonyl (C=O) groups excluding carboxylic acids is 1. The molecule has 0 spiro atoms. The molecular weight excluding hydrogens is 220 g/mol. The summed E-state index contributed by atoms with van der Waals surface area (Å²) in [6.07, 6.45) is 5.62. The topological polar surface area (TPSA) is 66.8 Å². The van der Waals surface area contributed by atoms with Gasteiger partial charge in [-0.3, -0.25) is 4.79 Å². The van der Waals surface area contributed by atoms with Gasteiger partial charge in [0.05, 0.1) is 12.7 Å². The Kier molecular flexibility index (Phi) is 2.93. The highest BCUT2D eigenvalue weighted by atomic mass is 16.5. The molecule has 17 heavy (non-hydrogen) atoms. The number of allylic oxidation sites excluding steroid dienone is 3. The van der Waals surface area contributed by atoms with Crippen molar-refractivity contribution >= 4 is 5.78 Å². The number of rotatable bonds is 1. The highest BCUT2D eigenvalue weighted by Gasteiger charge is 2.47. The Morgan fingerprint density at radius 2 is 2.24 bits per heavy atom. The van der Waals surface area contributed by atoms with E-state index in [1.807, 2.05) is 13.0 Å². The van der Waals surface area contributed by atoms with Crippen LogP contribution in [-0.4, -0.2) is 34.3 Å². The lowest BCUT2D eigenvalue weighted by molar-refractivity contribution is -0.150. The molecule has 0 saturated heterocycles. The van der Waals surface area contributed by atoms with Gasteiger partial charge in [-0.2, -0.15) is 0 Å². The monoisotopic (exact) mass is 236 g/mol. The van der Waals surface area contributed by atoms with E-state index in [1.54, 1.807) is 12.2 Å². The van der Waals surface area contributed by atoms with E-state index >= 15 is 0 Å². The molecular formula is C13H16O4. The van der Waals surface area contributed by atoms with Crippen molar-refractivity contribution in [3.8, 4) is 0 Å². The summed E-state index contributed by atoms with van der Waals surface area (Å²) < 4.78 is 5.44. The first-order valence-electron chi connectivity index (χ1n) is 5.60.